The smallest absolute Gasteiger partial charge is 0.318 e. The van der Waals surface area contributed by atoms with Crippen LogP contribution in [0.15, 0.2) is 29.2 Å². The van der Waals surface area contributed by atoms with Gasteiger partial charge in [0.15, 0.2) is 0 Å². The monoisotopic (exact) mass is 297 g/mol. The van der Waals surface area contributed by atoms with Crippen molar-refractivity contribution in [2.75, 3.05) is 6.54 Å². The molecule has 0 unspecified atom stereocenters. The summed E-state index contributed by atoms with van der Waals surface area (Å²) in [4.78, 5) is 11.0. The lowest BCUT2D eigenvalue weighted by Crippen LogP contribution is -2.37. The molecule has 20 heavy (non-hydrogen) atoms. The second-order valence-electron chi connectivity index (χ2n) is 5.40. The van der Waals surface area contributed by atoms with Crippen LogP contribution in [0.4, 0.5) is 0 Å². The summed E-state index contributed by atoms with van der Waals surface area (Å²) in [5.41, 5.74) is 1.06. The van der Waals surface area contributed by atoms with E-state index in [1.807, 2.05) is 13.8 Å². The molecule has 0 bridgehead atoms. The molecule has 0 aromatic heterocycles. The molecule has 1 saturated carbocycles. The molecule has 2 rings (SSSR count). The summed E-state index contributed by atoms with van der Waals surface area (Å²) in [5.74, 6) is -0.801. The minimum atomic E-state index is -3.72. The molecular weight excluding hydrogens is 278 g/mol. The van der Waals surface area contributed by atoms with Gasteiger partial charge in [0.1, 0.15) is 6.54 Å². The Bertz CT molecular complexity index is 588. The summed E-state index contributed by atoms with van der Waals surface area (Å²) < 4.78 is 26.1. The zero-order valence-corrected chi connectivity index (χ0v) is 12.4. The van der Waals surface area contributed by atoms with Crippen LogP contribution in [0.25, 0.3) is 0 Å². The second kappa shape index (κ2) is 5.54. The first-order chi connectivity index (χ1) is 9.32. The summed E-state index contributed by atoms with van der Waals surface area (Å²) in [6, 6.07) is 6.51. The van der Waals surface area contributed by atoms with Crippen LogP contribution in [0.5, 0.6) is 0 Å². The van der Waals surface area contributed by atoms with Gasteiger partial charge in [0.05, 0.1) is 4.90 Å². The maximum absolute atomic E-state index is 12.5. The maximum atomic E-state index is 12.5. The zero-order chi connectivity index (χ0) is 14.9. The van der Waals surface area contributed by atoms with E-state index in [0.717, 1.165) is 22.7 Å². The number of carbonyl (C=O) groups is 1. The largest absolute Gasteiger partial charge is 0.480 e. The second-order valence-corrected chi connectivity index (χ2v) is 7.29. The molecule has 1 fully saturated rings. The van der Waals surface area contributed by atoms with Gasteiger partial charge in [-0.05, 0) is 36.5 Å². The molecule has 1 aliphatic carbocycles. The average molecular weight is 297 g/mol. The summed E-state index contributed by atoms with van der Waals surface area (Å²) in [7, 11) is -3.72. The van der Waals surface area contributed by atoms with Crippen LogP contribution in [0.1, 0.15) is 38.2 Å². The topological polar surface area (TPSA) is 74.7 Å². The fraction of sp³-hybridized carbons (Fsp3) is 0.500. The number of aliphatic carboxylic acids is 1. The molecule has 0 saturated heterocycles. The van der Waals surface area contributed by atoms with Gasteiger partial charge in [-0.15, -0.1) is 0 Å². The van der Waals surface area contributed by atoms with E-state index in [9.17, 15) is 13.2 Å². The van der Waals surface area contributed by atoms with Crippen LogP contribution in [0, 0.1) is 0 Å². The number of benzene rings is 1. The van der Waals surface area contributed by atoms with Crippen LogP contribution in [0.3, 0.4) is 0 Å². The van der Waals surface area contributed by atoms with Crippen molar-refractivity contribution in [3.8, 4) is 0 Å². The number of nitrogens with zero attached hydrogens (tertiary/aromatic N) is 1. The third-order valence-electron chi connectivity index (χ3n) is 3.40. The first-order valence-corrected chi connectivity index (χ1v) is 8.10. The highest BCUT2D eigenvalue weighted by atomic mass is 32.2. The van der Waals surface area contributed by atoms with Crippen molar-refractivity contribution in [3.63, 3.8) is 0 Å². The quantitative estimate of drug-likeness (QED) is 0.872. The molecule has 6 heteroatoms. The van der Waals surface area contributed by atoms with Gasteiger partial charge in [-0.1, -0.05) is 26.0 Å². The number of rotatable bonds is 6. The predicted molar refractivity (Wildman–Crippen MR) is 75.1 cm³/mol. The van der Waals surface area contributed by atoms with Gasteiger partial charge in [0.25, 0.3) is 0 Å². The van der Waals surface area contributed by atoms with E-state index >= 15 is 0 Å². The maximum Gasteiger partial charge on any atom is 0.318 e. The highest BCUT2D eigenvalue weighted by molar-refractivity contribution is 7.89. The van der Waals surface area contributed by atoms with Crippen molar-refractivity contribution < 1.29 is 18.3 Å². The van der Waals surface area contributed by atoms with E-state index in [0.29, 0.717) is 5.92 Å². The van der Waals surface area contributed by atoms with Gasteiger partial charge < -0.3 is 5.11 Å². The fourth-order valence-corrected chi connectivity index (χ4v) is 3.70. The van der Waals surface area contributed by atoms with Crippen LogP contribution in [0.2, 0.25) is 0 Å². The van der Waals surface area contributed by atoms with Gasteiger partial charge in [0.2, 0.25) is 10.0 Å². The highest BCUT2D eigenvalue weighted by Crippen LogP contribution is 2.32. The normalized spacial score (nSPS) is 15.8. The Morgan fingerprint density at radius 2 is 1.85 bits per heavy atom. The summed E-state index contributed by atoms with van der Waals surface area (Å²) in [6.07, 6.45) is 1.47. The van der Waals surface area contributed by atoms with Crippen LogP contribution in [-0.2, 0) is 14.8 Å². The Morgan fingerprint density at radius 1 is 1.30 bits per heavy atom. The number of carboxylic acid groups (broad SMARTS) is 1. The number of sulfonamides is 1. The molecular formula is C14H19NO4S. The van der Waals surface area contributed by atoms with E-state index in [4.69, 9.17) is 5.11 Å². The summed E-state index contributed by atoms with van der Waals surface area (Å²) in [5, 5.41) is 8.88. The Hall–Kier alpha value is -1.40. The molecule has 0 radical (unpaired) electrons. The molecule has 0 heterocycles. The van der Waals surface area contributed by atoms with Crippen molar-refractivity contribution in [1.82, 2.24) is 4.31 Å². The molecule has 5 nitrogen and oxygen atoms in total. The lowest BCUT2D eigenvalue weighted by Gasteiger charge is -2.20. The van der Waals surface area contributed by atoms with E-state index in [-0.39, 0.29) is 10.9 Å². The zero-order valence-electron chi connectivity index (χ0n) is 11.6. The van der Waals surface area contributed by atoms with E-state index in [1.54, 1.807) is 24.3 Å². The molecule has 1 N–H and O–H groups in total. The SMILES string of the molecule is CC(C)c1ccc(S(=O)(=O)N(CC(=O)O)C2CC2)cc1. The molecule has 110 valence electrons. The Balaban J connectivity index is 2.29. The van der Waals surface area contributed by atoms with Gasteiger partial charge in [0, 0.05) is 6.04 Å². The molecule has 0 amide bonds. The molecule has 1 aromatic rings. The molecule has 0 atom stereocenters. The van der Waals surface area contributed by atoms with Crippen molar-refractivity contribution >= 4 is 16.0 Å². The Kier molecular flexibility index (Phi) is 4.15. The van der Waals surface area contributed by atoms with Crippen molar-refractivity contribution in [2.24, 2.45) is 0 Å². The lowest BCUT2D eigenvalue weighted by molar-refractivity contribution is -0.137. The van der Waals surface area contributed by atoms with E-state index < -0.39 is 22.5 Å². The standard InChI is InChI=1S/C14H19NO4S/c1-10(2)11-3-7-13(8-4-11)20(18,19)15(9-14(16)17)12-5-6-12/h3-4,7-8,10,12H,5-6,9H2,1-2H3,(H,16,17). The Morgan fingerprint density at radius 3 is 2.25 bits per heavy atom. The van der Waals surface area contributed by atoms with Gasteiger partial charge in [-0.25, -0.2) is 8.42 Å². The van der Waals surface area contributed by atoms with Crippen molar-refractivity contribution in [2.45, 2.75) is 43.5 Å². The summed E-state index contributed by atoms with van der Waals surface area (Å²) in [6.45, 7) is 3.59. The minimum Gasteiger partial charge on any atom is -0.480 e. The first kappa shape index (κ1) is 15.0. The van der Waals surface area contributed by atoms with Gasteiger partial charge in [-0.2, -0.15) is 4.31 Å². The van der Waals surface area contributed by atoms with Crippen molar-refractivity contribution in [1.29, 1.82) is 0 Å². The molecule has 1 aromatic carbocycles. The predicted octanol–water partition coefficient (Wildman–Crippen LogP) is 2.05. The minimum absolute atomic E-state index is 0.162. The number of hydrogen-bond donors (Lipinski definition) is 1. The Labute approximate surface area is 119 Å². The van der Waals surface area contributed by atoms with Gasteiger partial charge >= 0.3 is 5.97 Å². The summed E-state index contributed by atoms with van der Waals surface area (Å²) >= 11 is 0. The van der Waals surface area contributed by atoms with Crippen LogP contribution < -0.4 is 0 Å². The van der Waals surface area contributed by atoms with Gasteiger partial charge in [-0.3, -0.25) is 4.79 Å². The fourth-order valence-electron chi connectivity index (χ4n) is 2.07. The third kappa shape index (κ3) is 3.19. The highest BCUT2D eigenvalue weighted by Gasteiger charge is 2.39. The molecule has 0 spiro atoms. The van der Waals surface area contributed by atoms with Crippen LogP contribution >= 0.6 is 0 Å². The van der Waals surface area contributed by atoms with Crippen molar-refractivity contribution in [3.05, 3.63) is 29.8 Å². The lowest BCUT2D eigenvalue weighted by atomic mass is 10.0. The van der Waals surface area contributed by atoms with Crippen LogP contribution in [-0.4, -0.2) is 36.4 Å². The number of carboxylic acids is 1. The average Bonchev–Trinajstić information content (AvgIpc) is 3.20. The first-order valence-electron chi connectivity index (χ1n) is 6.66. The van der Waals surface area contributed by atoms with E-state index in [2.05, 4.69) is 0 Å². The molecule has 1 aliphatic rings. The number of hydrogen-bond acceptors (Lipinski definition) is 3. The van der Waals surface area contributed by atoms with E-state index in [1.165, 1.54) is 0 Å². The third-order valence-corrected chi connectivity index (χ3v) is 5.31. The molecule has 0 aliphatic heterocycles.